The van der Waals surface area contributed by atoms with Gasteiger partial charge < -0.3 is 19.4 Å². The smallest absolute Gasteiger partial charge is 0.181 e. The van der Waals surface area contributed by atoms with Crippen LogP contribution in [0.4, 0.5) is 0 Å². The van der Waals surface area contributed by atoms with Crippen molar-refractivity contribution in [2.75, 3.05) is 20.7 Å². The van der Waals surface area contributed by atoms with E-state index >= 15 is 0 Å². The van der Waals surface area contributed by atoms with E-state index in [1.54, 1.807) is 13.3 Å². The van der Waals surface area contributed by atoms with Crippen LogP contribution < -0.4 is 9.47 Å². The van der Waals surface area contributed by atoms with E-state index in [9.17, 15) is 4.79 Å². The monoisotopic (exact) mass is 381 g/mol. The summed E-state index contributed by atoms with van der Waals surface area (Å²) in [7, 11) is 3.80. The molecule has 2 aliphatic rings. The van der Waals surface area contributed by atoms with Crippen LogP contribution in [-0.4, -0.2) is 47.5 Å². The zero-order valence-corrected chi connectivity index (χ0v) is 16.6. The Balaban J connectivity index is 1.57. The molecular weight excluding hydrogens is 354 g/mol. The lowest BCUT2D eigenvalue weighted by Crippen LogP contribution is -2.26. The van der Waals surface area contributed by atoms with Crippen molar-refractivity contribution < 1.29 is 14.3 Å². The molecule has 1 aromatic carbocycles. The summed E-state index contributed by atoms with van der Waals surface area (Å²) in [6, 6.07) is 4.15. The number of aromatic amines is 1. The van der Waals surface area contributed by atoms with Gasteiger partial charge in [0.25, 0.3) is 0 Å². The highest BCUT2D eigenvalue weighted by Crippen LogP contribution is 2.50. The second kappa shape index (κ2) is 7.80. The Morgan fingerprint density at radius 1 is 1.39 bits per heavy atom. The van der Waals surface area contributed by atoms with Gasteiger partial charge in [0.15, 0.2) is 17.3 Å². The minimum Gasteiger partial charge on any atom is -0.493 e. The predicted octanol–water partition coefficient (Wildman–Crippen LogP) is 3.56. The first kappa shape index (κ1) is 18.7. The number of methoxy groups -OCH3 is 1. The van der Waals surface area contributed by atoms with Gasteiger partial charge in [-0.15, -0.1) is 0 Å². The molecule has 1 N–H and O–H groups in total. The van der Waals surface area contributed by atoms with Crippen LogP contribution in [0.25, 0.3) is 0 Å². The van der Waals surface area contributed by atoms with Gasteiger partial charge in [0.05, 0.1) is 19.6 Å². The van der Waals surface area contributed by atoms with Crippen molar-refractivity contribution in [1.29, 1.82) is 0 Å². The lowest BCUT2D eigenvalue weighted by atomic mass is 9.80. The van der Waals surface area contributed by atoms with Crippen LogP contribution in [-0.2, 0) is 6.54 Å². The highest BCUT2D eigenvalue weighted by Gasteiger charge is 2.40. The summed E-state index contributed by atoms with van der Waals surface area (Å²) in [6.07, 6.45) is 8.85. The number of nitrogens with one attached hydrogen (secondary N) is 1. The Hall–Kier alpha value is -2.60. The number of ether oxygens (including phenoxy) is 2. The van der Waals surface area contributed by atoms with Gasteiger partial charge in [0.2, 0.25) is 0 Å². The number of Topliss-reactive ketones (excluding diaryl/α,β-unsaturated/α-hetero) is 1. The molecule has 148 valence electrons. The molecule has 0 amide bonds. The van der Waals surface area contributed by atoms with Gasteiger partial charge in [-0.25, -0.2) is 4.98 Å². The molecule has 0 saturated heterocycles. The van der Waals surface area contributed by atoms with Crippen molar-refractivity contribution in [1.82, 2.24) is 14.9 Å². The molecule has 0 bridgehead atoms. The van der Waals surface area contributed by atoms with Crippen molar-refractivity contribution in [2.45, 2.75) is 38.3 Å². The number of H-pyrrole nitrogens is 1. The summed E-state index contributed by atoms with van der Waals surface area (Å²) in [5.41, 5.74) is 3.08. The van der Waals surface area contributed by atoms with Crippen molar-refractivity contribution >= 4 is 5.78 Å². The number of benzene rings is 1. The largest absolute Gasteiger partial charge is 0.493 e. The summed E-state index contributed by atoms with van der Waals surface area (Å²) in [5, 5.41) is 0. The number of hydrogen-bond donors (Lipinski definition) is 1. The number of hydrogen-bond acceptors (Lipinski definition) is 5. The fourth-order valence-corrected chi connectivity index (χ4v) is 4.20. The molecule has 0 radical (unpaired) electrons. The van der Waals surface area contributed by atoms with E-state index < -0.39 is 0 Å². The maximum atomic E-state index is 12.4. The van der Waals surface area contributed by atoms with Crippen molar-refractivity contribution in [3.05, 3.63) is 53.6 Å². The van der Waals surface area contributed by atoms with Crippen LogP contribution in [0.5, 0.6) is 11.5 Å². The number of carbonyl (C=O) groups is 1. The molecular formula is C22H27N3O3. The summed E-state index contributed by atoms with van der Waals surface area (Å²) in [4.78, 5) is 21.5. The number of aromatic nitrogens is 2. The van der Waals surface area contributed by atoms with E-state index in [1.807, 2.05) is 6.07 Å². The fourth-order valence-electron chi connectivity index (χ4n) is 4.20. The van der Waals surface area contributed by atoms with Crippen LogP contribution in [0, 0.1) is 5.92 Å². The van der Waals surface area contributed by atoms with Crippen molar-refractivity contribution in [3.8, 4) is 11.5 Å². The molecule has 6 nitrogen and oxygen atoms in total. The van der Waals surface area contributed by atoms with E-state index in [0.717, 1.165) is 31.0 Å². The molecule has 6 heteroatoms. The van der Waals surface area contributed by atoms with Crippen molar-refractivity contribution in [2.24, 2.45) is 5.92 Å². The molecule has 3 unspecified atom stereocenters. The van der Waals surface area contributed by atoms with Crippen molar-refractivity contribution in [3.63, 3.8) is 0 Å². The second-order valence-electron chi connectivity index (χ2n) is 7.66. The fraction of sp³-hybridized carbons (Fsp3) is 0.455. The molecule has 4 rings (SSSR count). The minimum absolute atomic E-state index is 0.0431. The zero-order valence-electron chi connectivity index (χ0n) is 16.6. The normalized spacial score (nSPS) is 22.6. The van der Waals surface area contributed by atoms with E-state index in [2.05, 4.69) is 47.1 Å². The van der Waals surface area contributed by atoms with Gasteiger partial charge in [0, 0.05) is 24.4 Å². The lowest BCUT2D eigenvalue weighted by Gasteiger charge is -2.26. The summed E-state index contributed by atoms with van der Waals surface area (Å²) in [6.45, 7) is 4.03. The van der Waals surface area contributed by atoms with E-state index in [0.29, 0.717) is 12.1 Å². The quantitative estimate of drug-likeness (QED) is 0.587. The topological polar surface area (TPSA) is 67.5 Å². The molecule has 0 spiro atoms. The molecule has 1 aliphatic carbocycles. The second-order valence-corrected chi connectivity index (χ2v) is 7.66. The number of fused-ring (bicyclic) bond motifs is 3. The third kappa shape index (κ3) is 3.44. The number of rotatable bonds is 7. The minimum atomic E-state index is 0.0431. The highest BCUT2D eigenvalue weighted by atomic mass is 16.5. The maximum absolute atomic E-state index is 12.4. The van der Waals surface area contributed by atoms with Crippen LogP contribution in [0.15, 0.2) is 36.8 Å². The Bertz CT molecular complexity index is 875. The molecule has 0 saturated carbocycles. The highest BCUT2D eigenvalue weighted by molar-refractivity contribution is 5.94. The van der Waals surface area contributed by atoms with Gasteiger partial charge in [0.1, 0.15) is 11.8 Å². The summed E-state index contributed by atoms with van der Waals surface area (Å²) in [5.74, 6) is 2.11. The first-order valence-corrected chi connectivity index (χ1v) is 9.85. The first-order chi connectivity index (χ1) is 13.6. The molecule has 1 aromatic heterocycles. The van der Waals surface area contributed by atoms with Gasteiger partial charge in [-0.05, 0) is 37.6 Å². The Morgan fingerprint density at radius 3 is 2.96 bits per heavy atom. The van der Waals surface area contributed by atoms with E-state index in [1.165, 1.54) is 17.5 Å². The molecule has 2 aromatic rings. The van der Waals surface area contributed by atoms with E-state index in [4.69, 9.17) is 9.47 Å². The number of carbonyl (C=O) groups excluding carboxylic acids is 1. The summed E-state index contributed by atoms with van der Waals surface area (Å²) >= 11 is 0. The number of ketones is 1. The average molecular weight is 381 g/mol. The number of allylic oxidation sites excluding steroid dienone is 1. The van der Waals surface area contributed by atoms with Gasteiger partial charge >= 0.3 is 0 Å². The molecule has 28 heavy (non-hydrogen) atoms. The van der Waals surface area contributed by atoms with Crippen LogP contribution in [0.1, 0.15) is 47.3 Å². The molecule has 3 atom stereocenters. The average Bonchev–Trinajstić information content (AvgIpc) is 3.36. The Kier molecular flexibility index (Phi) is 5.22. The molecule has 1 aliphatic heterocycles. The van der Waals surface area contributed by atoms with Crippen LogP contribution >= 0.6 is 0 Å². The Morgan fingerprint density at radius 2 is 2.25 bits per heavy atom. The standard InChI is InChI=1S/C22H27N3O3/c1-4-25(2)12-15-6-8-19(27-3)22-21(15)16-7-5-14(10-20(16)28-22)9-18(26)17-11-23-13-24-17/h5-8,11,13-14,16,20H,4,9-10,12H2,1-3H3,(H,23,24). The number of imidazole rings is 1. The third-order valence-electron chi connectivity index (χ3n) is 5.83. The third-order valence-corrected chi connectivity index (χ3v) is 5.83. The van der Waals surface area contributed by atoms with Crippen LogP contribution in [0.3, 0.4) is 0 Å². The van der Waals surface area contributed by atoms with Gasteiger partial charge in [-0.1, -0.05) is 25.1 Å². The Labute approximate surface area is 165 Å². The molecule has 0 fully saturated rings. The van der Waals surface area contributed by atoms with Crippen LogP contribution in [0.2, 0.25) is 0 Å². The first-order valence-electron chi connectivity index (χ1n) is 9.85. The lowest BCUT2D eigenvalue weighted by molar-refractivity contribution is 0.0947. The summed E-state index contributed by atoms with van der Waals surface area (Å²) < 4.78 is 11.9. The predicted molar refractivity (Wildman–Crippen MR) is 107 cm³/mol. The van der Waals surface area contributed by atoms with Gasteiger partial charge in [-0.3, -0.25) is 4.79 Å². The maximum Gasteiger partial charge on any atom is 0.181 e. The van der Waals surface area contributed by atoms with Gasteiger partial charge in [-0.2, -0.15) is 0 Å². The zero-order chi connectivity index (χ0) is 19.7. The number of nitrogens with zero attached hydrogens (tertiary/aromatic N) is 2. The SMILES string of the molecule is CCN(C)Cc1ccc(OC)c2c1C1C=CC(CC(=O)c3cnc[nH]3)CC1O2. The molecule has 2 heterocycles. The van der Waals surface area contributed by atoms with E-state index in [-0.39, 0.29) is 23.7 Å².